The Morgan fingerprint density at radius 2 is 2.43 bits per heavy atom. The molecule has 0 bridgehead atoms. The third kappa shape index (κ3) is 2.06. The van der Waals surface area contributed by atoms with E-state index < -0.39 is 0 Å². The third-order valence-electron chi connectivity index (χ3n) is 3.10. The zero-order chi connectivity index (χ0) is 10.2. The van der Waals surface area contributed by atoms with Gasteiger partial charge in [0.15, 0.2) is 0 Å². The van der Waals surface area contributed by atoms with Gasteiger partial charge in [0.25, 0.3) is 0 Å². The van der Waals surface area contributed by atoms with Crippen molar-refractivity contribution in [1.29, 1.82) is 0 Å². The van der Waals surface area contributed by atoms with Crippen LogP contribution in [0.5, 0.6) is 0 Å². The lowest BCUT2D eigenvalue weighted by Crippen LogP contribution is -2.42. The first-order valence-electron chi connectivity index (χ1n) is 5.24. The Kier molecular flexibility index (Phi) is 2.75. The second-order valence-electron chi connectivity index (χ2n) is 4.72. The fourth-order valence-electron chi connectivity index (χ4n) is 2.16. The molecule has 2 rings (SSSR count). The Hall–Kier alpha value is -0.220. The number of likely N-dealkylation sites (tertiary alicyclic amines) is 1. The summed E-state index contributed by atoms with van der Waals surface area (Å²) in [6.07, 6.45) is 2.00. The Morgan fingerprint density at radius 3 is 2.93 bits per heavy atom. The van der Waals surface area contributed by atoms with Crippen molar-refractivity contribution >= 4 is 17.7 Å². The first kappa shape index (κ1) is 10.3. The van der Waals surface area contributed by atoms with Gasteiger partial charge >= 0.3 is 0 Å². The van der Waals surface area contributed by atoms with Gasteiger partial charge in [-0.05, 0) is 25.5 Å². The monoisotopic (exact) mass is 214 g/mol. The van der Waals surface area contributed by atoms with Gasteiger partial charge in [0.05, 0.1) is 0 Å². The molecular weight excluding hydrogens is 196 g/mol. The van der Waals surface area contributed by atoms with Crippen molar-refractivity contribution in [2.45, 2.75) is 25.3 Å². The van der Waals surface area contributed by atoms with Gasteiger partial charge in [-0.3, -0.25) is 4.79 Å². The maximum atomic E-state index is 12.0. The highest BCUT2D eigenvalue weighted by molar-refractivity contribution is 7.99. The van der Waals surface area contributed by atoms with Gasteiger partial charge in [-0.2, -0.15) is 11.8 Å². The SMILES string of the molecule is CC1(N)CCN(C(=O)C2CCSC2)C1. The van der Waals surface area contributed by atoms with Crippen molar-refractivity contribution in [3.05, 3.63) is 0 Å². The molecule has 14 heavy (non-hydrogen) atoms. The average molecular weight is 214 g/mol. The van der Waals surface area contributed by atoms with Crippen molar-refractivity contribution in [1.82, 2.24) is 4.90 Å². The summed E-state index contributed by atoms with van der Waals surface area (Å²) in [5.41, 5.74) is 5.85. The quantitative estimate of drug-likeness (QED) is 0.698. The number of carbonyl (C=O) groups excluding carboxylic acids is 1. The largest absolute Gasteiger partial charge is 0.341 e. The topological polar surface area (TPSA) is 46.3 Å². The van der Waals surface area contributed by atoms with E-state index in [1.54, 1.807) is 0 Å². The minimum absolute atomic E-state index is 0.151. The highest BCUT2D eigenvalue weighted by atomic mass is 32.2. The maximum absolute atomic E-state index is 12.0. The van der Waals surface area contributed by atoms with Crippen LogP contribution in [0.2, 0.25) is 0 Å². The molecule has 0 aromatic heterocycles. The van der Waals surface area contributed by atoms with E-state index in [4.69, 9.17) is 5.73 Å². The molecular formula is C10H18N2OS. The van der Waals surface area contributed by atoms with Crippen molar-refractivity contribution in [2.75, 3.05) is 24.6 Å². The van der Waals surface area contributed by atoms with E-state index in [2.05, 4.69) is 0 Å². The molecule has 2 aliphatic rings. The number of carbonyl (C=O) groups is 1. The molecule has 4 heteroatoms. The van der Waals surface area contributed by atoms with E-state index in [9.17, 15) is 4.79 Å². The number of hydrogen-bond acceptors (Lipinski definition) is 3. The summed E-state index contributed by atoms with van der Waals surface area (Å²) in [5, 5.41) is 0. The fourth-order valence-corrected chi connectivity index (χ4v) is 3.37. The predicted molar refractivity (Wildman–Crippen MR) is 59.2 cm³/mol. The summed E-state index contributed by atoms with van der Waals surface area (Å²) >= 11 is 1.89. The van der Waals surface area contributed by atoms with Crippen LogP contribution < -0.4 is 5.73 Å². The maximum Gasteiger partial charge on any atom is 0.226 e. The second kappa shape index (κ2) is 3.74. The van der Waals surface area contributed by atoms with Crippen LogP contribution in [0.15, 0.2) is 0 Å². The highest BCUT2D eigenvalue weighted by Crippen LogP contribution is 2.27. The van der Waals surface area contributed by atoms with Crippen LogP contribution in [-0.4, -0.2) is 40.9 Å². The zero-order valence-corrected chi connectivity index (χ0v) is 9.48. The number of thioether (sulfide) groups is 1. The smallest absolute Gasteiger partial charge is 0.226 e. The number of rotatable bonds is 1. The van der Waals surface area contributed by atoms with Gasteiger partial charge in [-0.25, -0.2) is 0 Å². The van der Waals surface area contributed by atoms with E-state index in [-0.39, 0.29) is 11.5 Å². The molecule has 0 saturated carbocycles. The molecule has 0 radical (unpaired) electrons. The van der Waals surface area contributed by atoms with Gasteiger partial charge < -0.3 is 10.6 Å². The van der Waals surface area contributed by atoms with Crippen LogP contribution in [-0.2, 0) is 4.79 Å². The normalized spacial score (nSPS) is 37.9. The summed E-state index contributed by atoms with van der Waals surface area (Å²) in [4.78, 5) is 13.9. The average Bonchev–Trinajstić information content (AvgIpc) is 2.72. The van der Waals surface area contributed by atoms with E-state index in [1.807, 2.05) is 23.6 Å². The first-order chi connectivity index (χ1) is 6.58. The number of hydrogen-bond donors (Lipinski definition) is 1. The minimum atomic E-state index is -0.151. The molecule has 2 unspecified atom stereocenters. The standard InChI is InChI=1S/C10H18N2OS/c1-10(11)3-4-12(7-10)9(13)8-2-5-14-6-8/h8H,2-7,11H2,1H3. The minimum Gasteiger partial charge on any atom is -0.341 e. The highest BCUT2D eigenvalue weighted by Gasteiger charge is 2.36. The van der Waals surface area contributed by atoms with Crippen LogP contribution in [0.4, 0.5) is 0 Å². The van der Waals surface area contributed by atoms with Crippen LogP contribution >= 0.6 is 11.8 Å². The summed E-state index contributed by atoms with van der Waals surface area (Å²) in [7, 11) is 0. The summed E-state index contributed by atoms with van der Waals surface area (Å²) < 4.78 is 0. The molecule has 0 spiro atoms. The van der Waals surface area contributed by atoms with Gasteiger partial charge in [0.2, 0.25) is 5.91 Å². The molecule has 2 fully saturated rings. The van der Waals surface area contributed by atoms with Gasteiger partial charge in [0, 0.05) is 30.3 Å². The molecule has 3 nitrogen and oxygen atoms in total. The van der Waals surface area contributed by atoms with Crippen molar-refractivity contribution in [3.63, 3.8) is 0 Å². The second-order valence-corrected chi connectivity index (χ2v) is 5.87. The van der Waals surface area contributed by atoms with Gasteiger partial charge in [-0.15, -0.1) is 0 Å². The van der Waals surface area contributed by atoms with Crippen LogP contribution in [0.3, 0.4) is 0 Å². The fraction of sp³-hybridized carbons (Fsp3) is 0.900. The van der Waals surface area contributed by atoms with E-state index in [0.717, 1.165) is 37.4 Å². The molecule has 0 aliphatic carbocycles. The van der Waals surface area contributed by atoms with Gasteiger partial charge in [0.1, 0.15) is 0 Å². The first-order valence-corrected chi connectivity index (χ1v) is 6.39. The molecule has 0 aromatic carbocycles. The summed E-state index contributed by atoms with van der Waals surface area (Å²) in [6, 6.07) is 0. The number of nitrogens with two attached hydrogens (primary N) is 1. The third-order valence-corrected chi connectivity index (χ3v) is 4.26. The van der Waals surface area contributed by atoms with Crippen LogP contribution in [0.1, 0.15) is 19.8 Å². The Morgan fingerprint density at radius 1 is 1.64 bits per heavy atom. The predicted octanol–water partition coefficient (Wildman–Crippen LogP) is 0.689. The Labute approximate surface area is 89.4 Å². The summed E-state index contributed by atoms with van der Waals surface area (Å²) in [6.45, 7) is 3.63. The van der Waals surface area contributed by atoms with Crippen LogP contribution in [0, 0.1) is 5.92 Å². The lowest BCUT2D eigenvalue weighted by molar-refractivity contribution is -0.133. The van der Waals surface area contributed by atoms with Crippen molar-refractivity contribution in [2.24, 2.45) is 11.7 Å². The lowest BCUT2D eigenvalue weighted by atomic mass is 10.0. The summed E-state index contributed by atoms with van der Waals surface area (Å²) in [5.74, 6) is 2.76. The molecule has 2 aliphatic heterocycles. The Balaban J connectivity index is 1.92. The zero-order valence-electron chi connectivity index (χ0n) is 8.66. The van der Waals surface area contributed by atoms with E-state index in [0.29, 0.717) is 5.91 Å². The molecule has 1 amide bonds. The lowest BCUT2D eigenvalue weighted by Gasteiger charge is -2.22. The van der Waals surface area contributed by atoms with Crippen molar-refractivity contribution < 1.29 is 4.79 Å². The molecule has 80 valence electrons. The number of nitrogens with zero attached hydrogens (tertiary/aromatic N) is 1. The molecule has 2 atom stereocenters. The van der Waals surface area contributed by atoms with Gasteiger partial charge in [-0.1, -0.05) is 0 Å². The van der Waals surface area contributed by atoms with Crippen LogP contribution in [0.25, 0.3) is 0 Å². The number of amides is 1. The van der Waals surface area contributed by atoms with E-state index in [1.165, 1.54) is 0 Å². The molecule has 2 N–H and O–H groups in total. The van der Waals surface area contributed by atoms with E-state index >= 15 is 0 Å². The molecule has 2 saturated heterocycles. The Bertz CT molecular complexity index is 236. The van der Waals surface area contributed by atoms with Crippen molar-refractivity contribution in [3.8, 4) is 0 Å². The molecule has 0 aromatic rings. The molecule has 2 heterocycles.